The van der Waals surface area contributed by atoms with Crippen LogP contribution in [0, 0.1) is 0 Å². The van der Waals surface area contributed by atoms with Gasteiger partial charge in [0.2, 0.25) is 0 Å². The summed E-state index contributed by atoms with van der Waals surface area (Å²) < 4.78 is 0. The Labute approximate surface area is 261 Å². The fourth-order valence-electron chi connectivity index (χ4n) is 5.46. The van der Waals surface area contributed by atoms with Crippen molar-refractivity contribution in [2.45, 2.75) is 0 Å². The van der Waals surface area contributed by atoms with Crippen LogP contribution in [-0.4, -0.2) is 64.8 Å². The van der Waals surface area contributed by atoms with Crippen molar-refractivity contribution in [3.05, 3.63) is 97.1 Å². The number of hydrogen-bond acceptors (Lipinski definition) is 8. The van der Waals surface area contributed by atoms with Crippen LogP contribution in [0.3, 0.4) is 0 Å². The number of nitrogens with zero attached hydrogens (tertiary/aromatic N) is 8. The Morgan fingerprint density at radius 1 is 0.349 bits per heavy atom. The van der Waals surface area contributed by atoms with Crippen molar-refractivity contribution in [1.29, 1.82) is 0 Å². The molecule has 0 saturated heterocycles. The molecule has 202 valence electrons. The van der Waals surface area contributed by atoms with Gasteiger partial charge in [0.25, 0.3) is 0 Å². The van der Waals surface area contributed by atoms with Crippen LogP contribution in [0.5, 0.6) is 0 Å². The maximum absolute atomic E-state index is 4.95. The van der Waals surface area contributed by atoms with E-state index >= 15 is 0 Å². The van der Waals surface area contributed by atoms with E-state index < -0.39 is 0 Å². The second-order valence-corrected chi connectivity index (χ2v) is 9.67. The Kier molecular flexibility index (Phi) is 6.96. The Balaban J connectivity index is 0.00000110. The van der Waals surface area contributed by atoms with Gasteiger partial charge in [-0.1, -0.05) is 97.1 Å². The van der Waals surface area contributed by atoms with Gasteiger partial charge in [0, 0.05) is 45.5 Å². The third-order valence-electron chi connectivity index (χ3n) is 7.33. The molecule has 0 fully saturated rings. The number of hydrogen-bond donors (Lipinski definition) is 0. The molecule has 2 N–H and O–H groups in total. The number of aromatic nitrogens is 8. The number of rotatable bonds is 0. The first kappa shape index (κ1) is 28.1. The zero-order valence-corrected chi connectivity index (χ0v) is 25.1. The summed E-state index contributed by atoms with van der Waals surface area (Å²) >= 11 is 0. The average Bonchev–Trinajstić information content (AvgIpc) is 3.73. The van der Waals surface area contributed by atoms with Gasteiger partial charge in [0.15, 0.2) is 5.82 Å². The van der Waals surface area contributed by atoms with Crippen LogP contribution in [0.25, 0.3) is 90.4 Å². The molecule has 2 aromatic heterocycles. The molecule has 0 amide bonds. The largest absolute Gasteiger partial charge is 4.00 e. The van der Waals surface area contributed by atoms with Crippen LogP contribution in [0.4, 0.5) is 0 Å². The molecule has 8 bridgehead atoms. The van der Waals surface area contributed by atoms with Crippen LogP contribution in [0.1, 0.15) is 0 Å². The minimum atomic E-state index is 0. The molecule has 11 heteroatoms. The molecule has 9 rings (SSSR count). The van der Waals surface area contributed by atoms with Crippen molar-refractivity contribution >= 4 is 46.0 Å². The third-order valence-corrected chi connectivity index (χ3v) is 7.33. The van der Waals surface area contributed by atoms with E-state index in [1.54, 1.807) is 0 Å². The molecule has 0 unspecified atom stereocenters. The summed E-state index contributed by atoms with van der Waals surface area (Å²) in [5, 5.41) is 1.79. The van der Waals surface area contributed by atoms with Crippen LogP contribution in [0.15, 0.2) is 97.1 Å². The van der Waals surface area contributed by atoms with Crippen molar-refractivity contribution < 1.29 is 11.0 Å². The molecule has 43 heavy (non-hydrogen) atoms. The molecule has 0 saturated carbocycles. The van der Waals surface area contributed by atoms with E-state index in [0.717, 1.165) is 44.2 Å². The third kappa shape index (κ3) is 4.26. The molecule has 6 aromatic rings. The molecule has 0 radical (unpaired) electrons. The molecule has 0 atom stereocenters. The van der Waals surface area contributed by atoms with Gasteiger partial charge in [0.05, 0.1) is 11.6 Å². The van der Waals surface area contributed by atoms with E-state index in [9.17, 15) is 0 Å². The standard InChI is InChI=1S/C32H16N8.2H2O.Sn/c1-2-10-18-17(9-1)25-33-26(18)38-28-21-13-5-6-14-22(21)30(35-28)40-32-24-16-8-7-15-23(24)31(36-32)39-29-20-12-4-3-11-19(20)27(34-29)37-25;;;/h1-16H;2*1H2;/q-2;;;+4/p-2. The normalized spacial score (nSPS) is 11.2. The molecule has 3 aliphatic heterocycles. The van der Waals surface area contributed by atoms with E-state index in [1.807, 2.05) is 97.1 Å². The van der Waals surface area contributed by atoms with E-state index in [0.29, 0.717) is 46.2 Å². The fourth-order valence-corrected chi connectivity index (χ4v) is 5.46. The van der Waals surface area contributed by atoms with E-state index in [4.69, 9.17) is 39.9 Å². The van der Waals surface area contributed by atoms with E-state index in [2.05, 4.69) is 0 Å². The number of fused-ring (bicyclic) bond motifs is 20. The molecule has 0 spiro atoms. The molecule has 4 aromatic carbocycles. The summed E-state index contributed by atoms with van der Waals surface area (Å²) in [6.07, 6.45) is 0. The van der Waals surface area contributed by atoms with Gasteiger partial charge in [0.1, 0.15) is 0 Å². The predicted molar refractivity (Wildman–Crippen MR) is 162 cm³/mol. The van der Waals surface area contributed by atoms with Gasteiger partial charge in [-0.25, -0.2) is 9.97 Å². The minimum Gasteiger partial charge on any atom is -0.870 e. The molecule has 3 aliphatic rings. The quantitative estimate of drug-likeness (QED) is 0.194. The van der Waals surface area contributed by atoms with Gasteiger partial charge < -0.3 is 40.9 Å². The summed E-state index contributed by atoms with van der Waals surface area (Å²) in [6.45, 7) is 0. The average molecular weight is 665 g/mol. The second-order valence-electron chi connectivity index (χ2n) is 9.67. The van der Waals surface area contributed by atoms with Gasteiger partial charge in [-0.15, -0.1) is 0 Å². The molecule has 5 heterocycles. The zero-order chi connectivity index (χ0) is 26.2. The molecular formula is C32H18N8O2Sn. The second kappa shape index (κ2) is 10.7. The fraction of sp³-hybridized carbons (Fsp3) is 0. The maximum Gasteiger partial charge on any atom is 4.00 e. The summed E-state index contributed by atoms with van der Waals surface area (Å²) in [5.74, 6) is 3.31. The van der Waals surface area contributed by atoms with Gasteiger partial charge >= 0.3 is 23.9 Å². The van der Waals surface area contributed by atoms with Crippen LogP contribution in [-0.2, 0) is 0 Å². The summed E-state index contributed by atoms with van der Waals surface area (Å²) in [4.78, 5) is 39.3. The van der Waals surface area contributed by atoms with Crippen molar-refractivity contribution in [3.63, 3.8) is 0 Å². The monoisotopic (exact) mass is 666 g/mol. The Hall–Kier alpha value is -5.04. The smallest absolute Gasteiger partial charge is 0.870 e. The Morgan fingerprint density at radius 3 is 1.14 bits per heavy atom. The van der Waals surface area contributed by atoms with E-state index in [-0.39, 0.29) is 34.9 Å². The first-order valence-electron chi connectivity index (χ1n) is 12.9. The summed E-state index contributed by atoms with van der Waals surface area (Å²) in [7, 11) is 0. The van der Waals surface area contributed by atoms with Crippen LogP contribution in [0.2, 0.25) is 0 Å². The predicted octanol–water partition coefficient (Wildman–Crippen LogP) is 5.30. The van der Waals surface area contributed by atoms with Gasteiger partial charge in [-0.2, -0.15) is 0 Å². The zero-order valence-electron chi connectivity index (χ0n) is 22.2. The van der Waals surface area contributed by atoms with Crippen molar-refractivity contribution in [1.82, 2.24) is 39.9 Å². The Morgan fingerprint density at radius 2 is 0.674 bits per heavy atom. The molecular weight excluding hydrogens is 647 g/mol. The minimum absolute atomic E-state index is 0. The van der Waals surface area contributed by atoms with Crippen molar-refractivity contribution in [2.24, 2.45) is 0 Å². The van der Waals surface area contributed by atoms with Crippen molar-refractivity contribution in [3.8, 4) is 68.3 Å². The number of benzene rings is 4. The van der Waals surface area contributed by atoms with Crippen molar-refractivity contribution in [2.75, 3.05) is 0 Å². The van der Waals surface area contributed by atoms with Gasteiger partial charge in [-0.05, 0) is 27.5 Å². The molecule has 0 aliphatic carbocycles. The van der Waals surface area contributed by atoms with Crippen LogP contribution >= 0.6 is 0 Å². The van der Waals surface area contributed by atoms with Gasteiger partial charge in [-0.3, -0.25) is 0 Å². The topological polar surface area (TPSA) is 166 Å². The van der Waals surface area contributed by atoms with E-state index in [1.165, 1.54) is 0 Å². The molecule has 10 nitrogen and oxygen atoms in total. The Bertz CT molecular complexity index is 2110. The maximum atomic E-state index is 4.95. The SMILES string of the molecule is [OH-].[OH-].[Sn+4].c1ccc2c(c1)-c1nc-2nc2[n-]c(nc3nc([n-]c4nc(n1)-c1ccccc1-4)-c1ccccc1-3)c1ccccc21. The summed E-state index contributed by atoms with van der Waals surface area (Å²) in [5.41, 5.74) is 6.46. The first-order chi connectivity index (χ1) is 19.8. The van der Waals surface area contributed by atoms with Crippen LogP contribution < -0.4 is 9.97 Å². The first-order valence-corrected chi connectivity index (χ1v) is 12.9. The summed E-state index contributed by atoms with van der Waals surface area (Å²) in [6, 6.07) is 31.8.